The third-order valence-electron chi connectivity index (χ3n) is 2.37. The van der Waals surface area contributed by atoms with Gasteiger partial charge >= 0.3 is 0 Å². The summed E-state index contributed by atoms with van der Waals surface area (Å²) < 4.78 is 11.4. The number of ether oxygens (including phenoxy) is 1. The minimum absolute atomic E-state index is 0.751. The molecule has 1 unspecified atom stereocenters. The van der Waals surface area contributed by atoms with Gasteiger partial charge in [-0.3, -0.25) is 4.79 Å². The maximum absolute atomic E-state index is 11.2. The van der Waals surface area contributed by atoms with Crippen LogP contribution in [0, 0.1) is 0 Å². The molecule has 0 saturated carbocycles. The third kappa shape index (κ3) is 1.89. The molecular weight excluding hydrogens is 208 g/mol. The van der Waals surface area contributed by atoms with E-state index in [2.05, 4.69) is 4.74 Å². The van der Waals surface area contributed by atoms with Crippen molar-refractivity contribution in [1.29, 1.82) is 0 Å². The summed E-state index contributed by atoms with van der Waals surface area (Å²) in [6, 6.07) is 0. The van der Waals surface area contributed by atoms with Gasteiger partial charge in [0.05, 0.1) is 6.61 Å². The van der Waals surface area contributed by atoms with Gasteiger partial charge in [0.15, 0.2) is 5.78 Å². The second kappa shape index (κ2) is 4.12. The molecule has 1 heterocycles. The summed E-state index contributed by atoms with van der Waals surface area (Å²) in [5.41, 5.74) is 0. The van der Waals surface area contributed by atoms with E-state index in [1.807, 2.05) is 0 Å². The zero-order valence-electron chi connectivity index (χ0n) is 8.78. The van der Waals surface area contributed by atoms with Crippen molar-refractivity contribution in [3.63, 3.8) is 0 Å². The zero-order chi connectivity index (χ0) is 12.5. The first-order valence-corrected chi connectivity index (χ1v) is 4.26. The molecule has 15 heavy (non-hydrogen) atoms. The van der Waals surface area contributed by atoms with Crippen LogP contribution in [-0.4, -0.2) is 68.1 Å². The van der Waals surface area contributed by atoms with Crippen LogP contribution >= 0.6 is 0 Å². The van der Waals surface area contributed by atoms with E-state index in [-0.39, 0.29) is 0 Å². The maximum Gasteiger partial charge on any atom is 0.256 e. The second-order valence-corrected chi connectivity index (χ2v) is 3.38. The van der Waals surface area contributed by atoms with Crippen molar-refractivity contribution in [3.05, 3.63) is 0 Å². The van der Waals surface area contributed by atoms with Crippen molar-refractivity contribution in [3.8, 4) is 0 Å². The number of carbonyl (C=O) groups is 1. The molecule has 88 valence electrons. The van der Waals surface area contributed by atoms with Crippen LogP contribution in [0.3, 0.4) is 0 Å². The van der Waals surface area contributed by atoms with Crippen LogP contribution in [-0.2, 0) is 9.53 Å². The normalized spacial score (nSPS) is 47.4. The molecule has 0 amide bonds. The first kappa shape index (κ1) is 10.9. The summed E-state index contributed by atoms with van der Waals surface area (Å²) in [5, 5.41) is 46.6. The SMILES string of the molecule is [2H]CC(=O)C1(O)O[C@H](CO)[C@@H](O)[C@H](O)[C@H]1O. The van der Waals surface area contributed by atoms with E-state index < -0.39 is 49.5 Å². The molecule has 1 aliphatic heterocycles. The molecule has 0 aliphatic carbocycles. The van der Waals surface area contributed by atoms with Crippen LogP contribution in [0.4, 0.5) is 0 Å². The van der Waals surface area contributed by atoms with Crippen LogP contribution in [0.1, 0.15) is 8.27 Å². The summed E-state index contributed by atoms with van der Waals surface area (Å²) in [4.78, 5) is 11.2. The molecule has 0 aromatic heterocycles. The van der Waals surface area contributed by atoms with Gasteiger partial charge in [0.2, 0.25) is 0 Å². The highest BCUT2D eigenvalue weighted by atomic mass is 16.7. The van der Waals surface area contributed by atoms with Crippen LogP contribution in [0.15, 0.2) is 0 Å². The molecule has 0 radical (unpaired) electrons. The van der Waals surface area contributed by atoms with Crippen LogP contribution < -0.4 is 0 Å². The predicted octanol–water partition coefficient (Wildman–Crippen LogP) is -3.26. The Bertz CT molecular complexity index is 271. The van der Waals surface area contributed by atoms with Gasteiger partial charge in [0.1, 0.15) is 24.4 Å². The van der Waals surface area contributed by atoms with E-state index in [0.717, 1.165) is 0 Å². The zero-order valence-corrected chi connectivity index (χ0v) is 7.78. The topological polar surface area (TPSA) is 127 Å². The van der Waals surface area contributed by atoms with E-state index in [1.54, 1.807) is 0 Å². The number of carbonyl (C=O) groups excluding carboxylic acids is 1. The number of aliphatic hydroxyl groups excluding tert-OH is 4. The molecular formula is C8H14O7. The largest absolute Gasteiger partial charge is 0.394 e. The molecule has 1 rings (SSSR count). The maximum atomic E-state index is 11.2. The fourth-order valence-corrected chi connectivity index (χ4v) is 1.38. The molecule has 5 N–H and O–H groups in total. The smallest absolute Gasteiger partial charge is 0.256 e. The molecule has 5 atom stereocenters. The van der Waals surface area contributed by atoms with E-state index in [0.29, 0.717) is 0 Å². The molecule has 0 aromatic rings. The molecule has 7 nitrogen and oxygen atoms in total. The Morgan fingerprint density at radius 1 is 1.47 bits per heavy atom. The summed E-state index contributed by atoms with van der Waals surface area (Å²) in [6.07, 6.45) is -6.94. The van der Waals surface area contributed by atoms with Crippen molar-refractivity contribution < 1.29 is 36.4 Å². The molecule has 0 bridgehead atoms. The Kier molecular flexibility index (Phi) is 3.01. The Labute approximate surface area is 86.9 Å². The lowest BCUT2D eigenvalue weighted by Crippen LogP contribution is -2.67. The molecule has 0 aromatic carbocycles. The highest BCUT2D eigenvalue weighted by Crippen LogP contribution is 2.28. The van der Waals surface area contributed by atoms with Gasteiger partial charge in [0.25, 0.3) is 5.79 Å². The molecule has 1 aliphatic rings. The summed E-state index contributed by atoms with van der Waals surface area (Å²) >= 11 is 0. The van der Waals surface area contributed by atoms with Gasteiger partial charge in [-0.25, -0.2) is 0 Å². The number of ketones is 1. The molecule has 1 saturated heterocycles. The van der Waals surface area contributed by atoms with Crippen LogP contribution in [0.2, 0.25) is 0 Å². The van der Waals surface area contributed by atoms with E-state index in [1.165, 1.54) is 0 Å². The van der Waals surface area contributed by atoms with Crippen molar-refractivity contribution >= 4 is 5.78 Å². The van der Waals surface area contributed by atoms with E-state index in [9.17, 15) is 25.2 Å². The highest BCUT2D eigenvalue weighted by molar-refractivity contribution is 5.84. The van der Waals surface area contributed by atoms with Gasteiger partial charge in [-0.15, -0.1) is 0 Å². The van der Waals surface area contributed by atoms with Crippen molar-refractivity contribution in [1.82, 2.24) is 0 Å². The minimum Gasteiger partial charge on any atom is -0.394 e. The van der Waals surface area contributed by atoms with Crippen molar-refractivity contribution in [2.45, 2.75) is 37.1 Å². The highest BCUT2D eigenvalue weighted by Gasteiger charge is 2.55. The average Bonchev–Trinajstić information content (AvgIpc) is 2.30. The van der Waals surface area contributed by atoms with Crippen molar-refractivity contribution in [2.24, 2.45) is 0 Å². The van der Waals surface area contributed by atoms with Crippen molar-refractivity contribution in [2.75, 3.05) is 6.61 Å². The second-order valence-electron chi connectivity index (χ2n) is 3.38. The Morgan fingerprint density at radius 2 is 2.07 bits per heavy atom. The van der Waals surface area contributed by atoms with Gasteiger partial charge in [-0.2, -0.15) is 0 Å². The number of rotatable bonds is 2. The van der Waals surface area contributed by atoms with Gasteiger partial charge in [0, 0.05) is 8.27 Å². The molecule has 0 spiro atoms. The lowest BCUT2D eigenvalue weighted by atomic mass is 9.90. The third-order valence-corrected chi connectivity index (χ3v) is 2.37. The Morgan fingerprint density at radius 3 is 2.53 bits per heavy atom. The monoisotopic (exact) mass is 223 g/mol. The summed E-state index contributed by atoms with van der Waals surface area (Å²) in [7, 11) is 0. The Balaban J connectivity index is 2.98. The van der Waals surface area contributed by atoms with Crippen LogP contribution in [0.5, 0.6) is 0 Å². The summed E-state index contributed by atoms with van der Waals surface area (Å²) in [5.74, 6) is -3.93. The van der Waals surface area contributed by atoms with Gasteiger partial charge < -0.3 is 30.3 Å². The van der Waals surface area contributed by atoms with E-state index >= 15 is 0 Å². The van der Waals surface area contributed by atoms with Gasteiger partial charge in [-0.1, -0.05) is 0 Å². The number of hydrogen-bond acceptors (Lipinski definition) is 7. The lowest BCUT2D eigenvalue weighted by molar-refractivity contribution is -0.330. The molecule has 1 fully saturated rings. The first-order chi connectivity index (χ1) is 7.38. The number of hydrogen-bond donors (Lipinski definition) is 5. The van der Waals surface area contributed by atoms with E-state index in [4.69, 9.17) is 6.48 Å². The molecule has 7 heteroatoms. The Hall–Kier alpha value is -0.570. The quantitative estimate of drug-likeness (QED) is 0.332. The summed E-state index contributed by atoms with van der Waals surface area (Å²) in [6.45, 7) is -1.62. The van der Waals surface area contributed by atoms with Crippen LogP contribution in [0.25, 0.3) is 0 Å². The standard InChI is InChI=1S/C8H14O7/c1-3(10)8(14)7(13)6(12)5(11)4(2-9)15-8/h4-7,9,11-14H,2H2,1H3/t4-,5-,6+,7-,8?/m1/s1/i1D. The predicted molar refractivity (Wildman–Crippen MR) is 45.6 cm³/mol. The number of aliphatic hydroxyl groups is 5. The van der Waals surface area contributed by atoms with Gasteiger partial charge in [-0.05, 0) is 0 Å². The first-order valence-electron chi connectivity index (χ1n) is 4.97. The fourth-order valence-electron chi connectivity index (χ4n) is 1.38. The lowest BCUT2D eigenvalue weighted by Gasteiger charge is -2.43. The average molecular weight is 223 g/mol. The number of Topliss-reactive ketones (excluding diaryl/α,β-unsaturated/α-hetero) is 1. The minimum atomic E-state index is -2.77. The fraction of sp³-hybridized carbons (Fsp3) is 0.875.